The summed E-state index contributed by atoms with van der Waals surface area (Å²) in [5, 5.41) is 0.816. The molecule has 1 unspecified atom stereocenters. The van der Waals surface area contributed by atoms with Crippen molar-refractivity contribution < 1.29 is 9.59 Å². The molecule has 2 heterocycles. The van der Waals surface area contributed by atoms with E-state index in [4.69, 9.17) is 0 Å². The third-order valence-electron chi connectivity index (χ3n) is 3.97. The lowest BCUT2D eigenvalue weighted by Crippen LogP contribution is -2.42. The lowest BCUT2D eigenvalue weighted by molar-refractivity contribution is -0.128. The van der Waals surface area contributed by atoms with Gasteiger partial charge in [-0.2, -0.15) is 0 Å². The fourth-order valence-electron chi connectivity index (χ4n) is 2.89. The van der Waals surface area contributed by atoms with E-state index in [0.717, 1.165) is 23.7 Å². The van der Waals surface area contributed by atoms with Gasteiger partial charge in [-0.3, -0.25) is 9.59 Å². The molecule has 3 rings (SSSR count). The number of Topliss-reactive ketones (excluding diaryl/α,β-unsaturated/α-hetero) is 1. The molecule has 1 fully saturated rings. The number of piperidine rings is 1. The van der Waals surface area contributed by atoms with E-state index in [1.165, 1.54) is 0 Å². The van der Waals surface area contributed by atoms with Crippen LogP contribution in [0.3, 0.4) is 0 Å². The number of amides is 1. The molecule has 1 aromatic carbocycles. The van der Waals surface area contributed by atoms with Crippen LogP contribution in [0, 0.1) is 5.92 Å². The standard InChI is InChI=1S/C16H18N2O2/c1-11-5-4-8-18(10-11)16(20)15(19)13-9-17-14-7-3-2-6-12(13)14/h2-3,6-7,9,11,17H,4-5,8,10H2,1H3. The lowest BCUT2D eigenvalue weighted by atomic mass is 9.99. The van der Waals surface area contributed by atoms with Crippen molar-refractivity contribution in [2.24, 2.45) is 5.92 Å². The van der Waals surface area contributed by atoms with Gasteiger partial charge in [0.2, 0.25) is 0 Å². The van der Waals surface area contributed by atoms with Crippen LogP contribution in [0.2, 0.25) is 0 Å². The number of para-hydroxylation sites is 1. The fraction of sp³-hybridized carbons (Fsp3) is 0.375. The van der Waals surface area contributed by atoms with Gasteiger partial charge in [-0.05, 0) is 24.8 Å². The van der Waals surface area contributed by atoms with Crippen molar-refractivity contribution in [1.29, 1.82) is 0 Å². The summed E-state index contributed by atoms with van der Waals surface area (Å²) < 4.78 is 0. The Bertz CT molecular complexity index is 659. The number of nitrogens with zero attached hydrogens (tertiary/aromatic N) is 1. The second-order valence-electron chi connectivity index (χ2n) is 5.58. The molecule has 1 N–H and O–H groups in total. The van der Waals surface area contributed by atoms with Crippen LogP contribution in [-0.4, -0.2) is 34.7 Å². The Morgan fingerprint density at radius 3 is 2.90 bits per heavy atom. The minimum Gasteiger partial charge on any atom is -0.360 e. The van der Waals surface area contributed by atoms with Crippen molar-refractivity contribution in [3.05, 3.63) is 36.0 Å². The minimum atomic E-state index is -0.406. The van der Waals surface area contributed by atoms with E-state index in [1.54, 1.807) is 11.1 Å². The molecule has 4 nitrogen and oxygen atoms in total. The second-order valence-corrected chi connectivity index (χ2v) is 5.58. The van der Waals surface area contributed by atoms with Crippen molar-refractivity contribution >= 4 is 22.6 Å². The molecule has 1 saturated heterocycles. The Morgan fingerprint density at radius 1 is 1.30 bits per heavy atom. The summed E-state index contributed by atoms with van der Waals surface area (Å²) in [5.41, 5.74) is 1.36. The topological polar surface area (TPSA) is 53.2 Å². The van der Waals surface area contributed by atoms with Gasteiger partial charge in [-0.15, -0.1) is 0 Å². The van der Waals surface area contributed by atoms with Crippen LogP contribution in [0.4, 0.5) is 0 Å². The largest absolute Gasteiger partial charge is 0.360 e. The maximum Gasteiger partial charge on any atom is 0.295 e. The number of H-pyrrole nitrogens is 1. The summed E-state index contributed by atoms with van der Waals surface area (Å²) in [6.07, 6.45) is 3.75. The van der Waals surface area contributed by atoms with Crippen LogP contribution >= 0.6 is 0 Å². The average molecular weight is 270 g/mol. The number of likely N-dealkylation sites (tertiary alicyclic amines) is 1. The number of aromatic nitrogens is 1. The van der Waals surface area contributed by atoms with E-state index in [0.29, 0.717) is 24.6 Å². The number of hydrogen-bond acceptors (Lipinski definition) is 2. The summed E-state index contributed by atoms with van der Waals surface area (Å²) >= 11 is 0. The number of carbonyl (C=O) groups is 2. The Morgan fingerprint density at radius 2 is 2.10 bits per heavy atom. The van der Waals surface area contributed by atoms with Crippen molar-refractivity contribution in [3.8, 4) is 0 Å². The van der Waals surface area contributed by atoms with Gasteiger partial charge in [-0.25, -0.2) is 0 Å². The van der Waals surface area contributed by atoms with E-state index >= 15 is 0 Å². The predicted molar refractivity (Wildman–Crippen MR) is 77.6 cm³/mol. The van der Waals surface area contributed by atoms with Gasteiger partial charge in [-0.1, -0.05) is 25.1 Å². The number of rotatable bonds is 2. The summed E-state index contributed by atoms with van der Waals surface area (Å²) in [6.45, 7) is 3.50. The average Bonchev–Trinajstić information content (AvgIpc) is 2.89. The molecule has 1 amide bonds. The molecule has 1 aromatic heterocycles. The van der Waals surface area contributed by atoms with Gasteiger partial charge < -0.3 is 9.88 Å². The van der Waals surface area contributed by atoms with Gasteiger partial charge in [0.1, 0.15) is 0 Å². The number of fused-ring (bicyclic) bond motifs is 1. The van der Waals surface area contributed by atoms with Crippen molar-refractivity contribution in [1.82, 2.24) is 9.88 Å². The van der Waals surface area contributed by atoms with Gasteiger partial charge in [0.25, 0.3) is 11.7 Å². The van der Waals surface area contributed by atoms with E-state index in [2.05, 4.69) is 11.9 Å². The van der Waals surface area contributed by atoms with E-state index in [-0.39, 0.29) is 5.91 Å². The van der Waals surface area contributed by atoms with Gasteiger partial charge in [0, 0.05) is 30.2 Å². The summed E-state index contributed by atoms with van der Waals surface area (Å²) in [7, 11) is 0. The second kappa shape index (κ2) is 5.12. The lowest BCUT2D eigenvalue weighted by Gasteiger charge is -2.30. The maximum absolute atomic E-state index is 12.4. The number of aromatic amines is 1. The van der Waals surface area contributed by atoms with Crippen molar-refractivity contribution in [2.75, 3.05) is 13.1 Å². The first-order chi connectivity index (χ1) is 9.66. The van der Waals surface area contributed by atoms with Crippen LogP contribution in [0.1, 0.15) is 30.1 Å². The Balaban J connectivity index is 1.86. The van der Waals surface area contributed by atoms with Crippen LogP contribution in [0.25, 0.3) is 10.9 Å². The molecule has 2 aromatic rings. The van der Waals surface area contributed by atoms with Gasteiger partial charge in [0.15, 0.2) is 0 Å². The summed E-state index contributed by atoms with van der Waals surface area (Å²) in [4.78, 5) is 29.5. The highest BCUT2D eigenvalue weighted by Gasteiger charge is 2.28. The molecule has 0 radical (unpaired) electrons. The fourth-order valence-corrected chi connectivity index (χ4v) is 2.89. The number of carbonyl (C=O) groups excluding carboxylic acids is 2. The Labute approximate surface area is 117 Å². The normalized spacial score (nSPS) is 19.2. The SMILES string of the molecule is CC1CCCN(C(=O)C(=O)c2c[nH]c3ccccc23)C1. The van der Waals surface area contributed by atoms with Crippen molar-refractivity contribution in [2.45, 2.75) is 19.8 Å². The third-order valence-corrected chi connectivity index (χ3v) is 3.97. The first-order valence-electron chi connectivity index (χ1n) is 7.06. The van der Waals surface area contributed by atoms with Crippen LogP contribution in [0.5, 0.6) is 0 Å². The highest BCUT2D eigenvalue weighted by molar-refractivity contribution is 6.44. The van der Waals surface area contributed by atoms with Gasteiger partial charge in [0.05, 0.1) is 5.56 Å². The van der Waals surface area contributed by atoms with Crippen LogP contribution < -0.4 is 0 Å². The molecular weight excluding hydrogens is 252 g/mol. The number of benzene rings is 1. The molecule has 104 valence electrons. The Hall–Kier alpha value is -2.10. The highest BCUT2D eigenvalue weighted by atomic mass is 16.2. The molecule has 0 spiro atoms. The Kier molecular flexibility index (Phi) is 3.30. The monoisotopic (exact) mass is 270 g/mol. The zero-order valence-electron chi connectivity index (χ0n) is 11.6. The molecule has 4 heteroatoms. The quantitative estimate of drug-likeness (QED) is 0.673. The highest BCUT2D eigenvalue weighted by Crippen LogP contribution is 2.21. The summed E-state index contributed by atoms with van der Waals surface area (Å²) in [6, 6.07) is 7.55. The zero-order chi connectivity index (χ0) is 14.1. The molecule has 1 aliphatic heterocycles. The van der Waals surface area contributed by atoms with Gasteiger partial charge >= 0.3 is 0 Å². The zero-order valence-corrected chi connectivity index (χ0v) is 11.6. The molecule has 20 heavy (non-hydrogen) atoms. The smallest absolute Gasteiger partial charge is 0.295 e. The molecular formula is C16H18N2O2. The third kappa shape index (κ3) is 2.22. The van der Waals surface area contributed by atoms with Crippen molar-refractivity contribution in [3.63, 3.8) is 0 Å². The maximum atomic E-state index is 12.4. The van der Waals surface area contributed by atoms with E-state index < -0.39 is 5.78 Å². The predicted octanol–water partition coefficient (Wildman–Crippen LogP) is 2.61. The molecule has 0 bridgehead atoms. The number of nitrogens with one attached hydrogen (secondary N) is 1. The number of hydrogen-bond donors (Lipinski definition) is 1. The first kappa shape index (κ1) is 12.9. The van der Waals surface area contributed by atoms with Crippen LogP contribution in [0.15, 0.2) is 30.5 Å². The molecule has 0 aliphatic carbocycles. The molecule has 1 aliphatic rings. The minimum absolute atomic E-state index is 0.374. The van der Waals surface area contributed by atoms with E-state index in [9.17, 15) is 9.59 Å². The molecule has 0 saturated carbocycles. The molecule has 1 atom stereocenters. The summed E-state index contributed by atoms with van der Waals surface area (Å²) in [5.74, 6) is -0.304. The number of ketones is 1. The van der Waals surface area contributed by atoms with Crippen LogP contribution in [-0.2, 0) is 4.79 Å². The van der Waals surface area contributed by atoms with E-state index in [1.807, 2.05) is 24.3 Å². The first-order valence-corrected chi connectivity index (χ1v) is 7.06.